The minimum Gasteiger partial charge on any atom is -0.379 e. The van der Waals surface area contributed by atoms with Crippen LogP contribution < -0.4 is 0 Å². The summed E-state index contributed by atoms with van der Waals surface area (Å²) in [5.41, 5.74) is 0. The second-order valence-corrected chi connectivity index (χ2v) is 7.47. The average Bonchev–Trinajstić information content (AvgIpc) is 2.63. The first-order valence-electron chi connectivity index (χ1n) is 8.13. The largest absolute Gasteiger partial charge is 0.379 e. The number of thioether (sulfide) groups is 1. The van der Waals surface area contributed by atoms with Crippen molar-refractivity contribution in [3.05, 3.63) is 28.2 Å². The third-order valence-electron chi connectivity index (χ3n) is 3.88. The quantitative estimate of drug-likeness (QED) is 0.626. The zero-order chi connectivity index (χ0) is 18.1. The van der Waals surface area contributed by atoms with E-state index in [1.807, 2.05) is 0 Å². The summed E-state index contributed by atoms with van der Waals surface area (Å²) < 4.78 is 5.34. The van der Waals surface area contributed by atoms with E-state index in [9.17, 15) is 4.79 Å². The number of benzene rings is 1. The van der Waals surface area contributed by atoms with Gasteiger partial charge in [-0.3, -0.25) is 9.69 Å². The third kappa shape index (κ3) is 7.04. The molecule has 5 nitrogen and oxygen atoms in total. The Hall–Kier alpha value is -0.970. The van der Waals surface area contributed by atoms with Crippen molar-refractivity contribution >= 4 is 40.9 Å². The molecular formula is C17H21Cl2N3O2S. The monoisotopic (exact) mass is 401 g/mol. The van der Waals surface area contributed by atoms with Crippen molar-refractivity contribution in [2.75, 3.05) is 51.7 Å². The van der Waals surface area contributed by atoms with Crippen molar-refractivity contribution in [3.8, 4) is 6.07 Å². The second kappa shape index (κ2) is 10.9. The van der Waals surface area contributed by atoms with E-state index in [-0.39, 0.29) is 11.7 Å². The van der Waals surface area contributed by atoms with Gasteiger partial charge in [0.05, 0.1) is 36.5 Å². The molecule has 25 heavy (non-hydrogen) atoms. The Bertz CT molecular complexity index is 618. The molecule has 0 spiro atoms. The first kappa shape index (κ1) is 20.3. The summed E-state index contributed by atoms with van der Waals surface area (Å²) in [6.07, 6.45) is 0.331. The lowest BCUT2D eigenvalue weighted by Gasteiger charge is -2.29. The van der Waals surface area contributed by atoms with E-state index in [1.54, 1.807) is 23.1 Å². The van der Waals surface area contributed by atoms with Gasteiger partial charge in [0.15, 0.2) is 0 Å². The highest BCUT2D eigenvalue weighted by Crippen LogP contribution is 2.30. The number of nitrogens with zero attached hydrogens (tertiary/aromatic N) is 3. The van der Waals surface area contributed by atoms with E-state index in [4.69, 9.17) is 33.2 Å². The molecule has 2 rings (SSSR count). The summed E-state index contributed by atoms with van der Waals surface area (Å²) >= 11 is 13.5. The molecule has 1 saturated heterocycles. The van der Waals surface area contributed by atoms with Crippen LogP contribution >= 0.6 is 35.0 Å². The maximum Gasteiger partial charge on any atom is 0.233 e. The number of rotatable bonds is 8. The number of morpholine rings is 1. The van der Waals surface area contributed by atoms with Gasteiger partial charge in [-0.15, -0.1) is 11.8 Å². The first-order chi connectivity index (χ1) is 12.1. The van der Waals surface area contributed by atoms with Gasteiger partial charge in [-0.1, -0.05) is 23.2 Å². The van der Waals surface area contributed by atoms with Crippen LogP contribution in [-0.2, 0) is 9.53 Å². The minimum absolute atomic E-state index is 0.00421. The van der Waals surface area contributed by atoms with Crippen LogP contribution in [0.3, 0.4) is 0 Å². The van der Waals surface area contributed by atoms with Gasteiger partial charge < -0.3 is 9.64 Å². The standard InChI is InChI=1S/C17H21Cl2N3O2S/c18-14-2-3-15(19)16(12-14)25-13-17(23)22(5-1-4-20)7-6-21-8-10-24-11-9-21/h2-3,12H,1,5-11,13H2. The Morgan fingerprint density at radius 3 is 2.80 bits per heavy atom. The van der Waals surface area contributed by atoms with Crippen LogP contribution in [0.4, 0.5) is 0 Å². The molecule has 1 amide bonds. The van der Waals surface area contributed by atoms with Gasteiger partial charge in [0.1, 0.15) is 0 Å². The molecule has 0 aliphatic carbocycles. The van der Waals surface area contributed by atoms with Crippen LogP contribution in [0.25, 0.3) is 0 Å². The van der Waals surface area contributed by atoms with E-state index in [0.29, 0.717) is 29.6 Å². The fourth-order valence-corrected chi connectivity index (χ4v) is 3.85. The number of nitriles is 1. The van der Waals surface area contributed by atoms with Gasteiger partial charge >= 0.3 is 0 Å². The summed E-state index contributed by atoms with van der Waals surface area (Å²) in [5.74, 6) is 0.277. The molecule has 1 aliphatic heterocycles. The molecule has 1 aromatic carbocycles. The molecule has 0 unspecified atom stereocenters. The van der Waals surface area contributed by atoms with Crippen LogP contribution in [0.15, 0.2) is 23.1 Å². The van der Waals surface area contributed by atoms with E-state index in [2.05, 4.69) is 11.0 Å². The second-order valence-electron chi connectivity index (χ2n) is 5.61. The number of halogens is 2. The molecule has 0 bridgehead atoms. The van der Waals surface area contributed by atoms with Crippen molar-refractivity contribution in [2.45, 2.75) is 11.3 Å². The average molecular weight is 402 g/mol. The third-order valence-corrected chi connectivity index (χ3v) is 5.60. The van der Waals surface area contributed by atoms with Crippen LogP contribution in [0, 0.1) is 11.3 Å². The lowest BCUT2D eigenvalue weighted by Crippen LogP contribution is -2.43. The van der Waals surface area contributed by atoms with Crippen molar-refractivity contribution < 1.29 is 9.53 Å². The van der Waals surface area contributed by atoms with E-state index >= 15 is 0 Å². The van der Waals surface area contributed by atoms with Gasteiger partial charge in [-0.05, 0) is 18.2 Å². The SMILES string of the molecule is N#CCCN(CCN1CCOCC1)C(=O)CSc1cc(Cl)ccc1Cl. The van der Waals surface area contributed by atoms with Crippen LogP contribution in [0.2, 0.25) is 10.0 Å². The maximum absolute atomic E-state index is 12.6. The smallest absolute Gasteiger partial charge is 0.233 e. The zero-order valence-electron chi connectivity index (χ0n) is 13.9. The summed E-state index contributed by atoms with van der Waals surface area (Å²) in [6.45, 7) is 5.09. The maximum atomic E-state index is 12.6. The Kier molecular flexibility index (Phi) is 8.87. The molecule has 8 heteroatoms. The van der Waals surface area contributed by atoms with Crippen molar-refractivity contribution in [2.24, 2.45) is 0 Å². The van der Waals surface area contributed by atoms with Crippen molar-refractivity contribution in [1.82, 2.24) is 9.80 Å². The lowest BCUT2D eigenvalue weighted by molar-refractivity contribution is -0.128. The number of ether oxygens (including phenoxy) is 1. The Morgan fingerprint density at radius 1 is 1.32 bits per heavy atom. The molecule has 1 aliphatic rings. The number of hydrogen-bond acceptors (Lipinski definition) is 5. The minimum atomic E-state index is 0.00421. The molecule has 0 saturated carbocycles. The number of hydrogen-bond donors (Lipinski definition) is 0. The van der Waals surface area contributed by atoms with Gasteiger partial charge in [0.25, 0.3) is 0 Å². The van der Waals surface area contributed by atoms with E-state index in [0.717, 1.165) is 37.7 Å². The summed E-state index contributed by atoms with van der Waals surface area (Å²) in [6, 6.07) is 7.31. The van der Waals surface area contributed by atoms with Gasteiger partial charge in [-0.2, -0.15) is 5.26 Å². The predicted molar refractivity (Wildman–Crippen MR) is 101 cm³/mol. The fraction of sp³-hybridized carbons (Fsp3) is 0.529. The number of amides is 1. The highest BCUT2D eigenvalue weighted by Gasteiger charge is 2.17. The molecule has 0 aromatic heterocycles. The Labute approximate surface area is 162 Å². The Morgan fingerprint density at radius 2 is 2.08 bits per heavy atom. The molecule has 1 fully saturated rings. The lowest BCUT2D eigenvalue weighted by atomic mass is 10.3. The van der Waals surface area contributed by atoms with Crippen LogP contribution in [0.5, 0.6) is 0 Å². The number of carbonyl (C=O) groups is 1. The number of carbonyl (C=O) groups excluding carboxylic acids is 1. The van der Waals surface area contributed by atoms with Crippen LogP contribution in [0.1, 0.15) is 6.42 Å². The highest BCUT2D eigenvalue weighted by atomic mass is 35.5. The summed E-state index contributed by atoms with van der Waals surface area (Å²) in [4.78, 5) is 17.4. The topological polar surface area (TPSA) is 56.6 Å². The zero-order valence-corrected chi connectivity index (χ0v) is 16.2. The van der Waals surface area contributed by atoms with Gasteiger partial charge in [0.2, 0.25) is 5.91 Å². The van der Waals surface area contributed by atoms with E-state index < -0.39 is 0 Å². The predicted octanol–water partition coefficient (Wildman–Crippen LogP) is 3.16. The van der Waals surface area contributed by atoms with Gasteiger partial charge in [-0.25, -0.2) is 0 Å². The highest BCUT2D eigenvalue weighted by molar-refractivity contribution is 8.00. The van der Waals surface area contributed by atoms with Gasteiger partial charge in [0, 0.05) is 42.6 Å². The molecule has 0 atom stereocenters. The van der Waals surface area contributed by atoms with Crippen molar-refractivity contribution in [3.63, 3.8) is 0 Å². The van der Waals surface area contributed by atoms with E-state index in [1.165, 1.54) is 11.8 Å². The molecule has 136 valence electrons. The Balaban J connectivity index is 1.88. The summed E-state index contributed by atoms with van der Waals surface area (Å²) in [5, 5.41) is 10.0. The summed E-state index contributed by atoms with van der Waals surface area (Å²) in [7, 11) is 0. The normalized spacial score (nSPS) is 14.9. The molecule has 1 aromatic rings. The molecule has 0 N–H and O–H groups in total. The molecule has 0 radical (unpaired) electrons. The van der Waals surface area contributed by atoms with Crippen LogP contribution in [-0.4, -0.2) is 67.4 Å². The first-order valence-corrected chi connectivity index (χ1v) is 9.87. The fourth-order valence-electron chi connectivity index (χ4n) is 2.45. The molecule has 1 heterocycles. The molecular weight excluding hydrogens is 381 g/mol. The van der Waals surface area contributed by atoms with Crippen molar-refractivity contribution in [1.29, 1.82) is 5.26 Å².